The number of hydrogen-bond donors (Lipinski definition) is 1. The first kappa shape index (κ1) is 16.8. The number of hydrogen-bond acceptors (Lipinski definition) is 7. The van der Waals surface area contributed by atoms with Gasteiger partial charge in [0.15, 0.2) is 17.3 Å². The lowest BCUT2D eigenvalue weighted by Crippen LogP contribution is -2.33. The van der Waals surface area contributed by atoms with E-state index in [2.05, 4.69) is 0 Å². The number of benzene rings is 1. The molecule has 0 fully saturated rings. The molecule has 1 N–H and O–H groups in total. The molecule has 0 amide bonds. The monoisotopic (exact) mass is 344 g/mol. The van der Waals surface area contributed by atoms with Crippen LogP contribution in [0.1, 0.15) is 22.3 Å². The molecule has 2 aliphatic rings. The highest BCUT2D eigenvalue weighted by molar-refractivity contribution is 6.20. The molecule has 1 heterocycles. The Morgan fingerprint density at radius 2 is 1.84 bits per heavy atom. The molecular formula is C18H16O7. The molecule has 0 spiro atoms. The van der Waals surface area contributed by atoms with E-state index in [9.17, 15) is 19.5 Å². The van der Waals surface area contributed by atoms with Crippen molar-refractivity contribution >= 4 is 17.3 Å². The summed E-state index contributed by atoms with van der Waals surface area (Å²) in [4.78, 5) is 36.6. The zero-order chi connectivity index (χ0) is 18.3. The highest BCUT2D eigenvalue weighted by atomic mass is 16.5. The van der Waals surface area contributed by atoms with Crippen LogP contribution in [0.15, 0.2) is 29.6 Å². The van der Waals surface area contributed by atoms with Crippen LogP contribution in [-0.4, -0.2) is 42.8 Å². The zero-order valence-electron chi connectivity index (χ0n) is 13.9. The molecule has 1 aromatic rings. The second kappa shape index (κ2) is 6.08. The number of allylic oxidation sites excluding steroid dienone is 2. The van der Waals surface area contributed by atoms with Crippen molar-refractivity contribution in [3.05, 3.63) is 40.7 Å². The number of ether oxygens (including phenoxy) is 3. The minimum Gasteiger partial charge on any atom is -0.507 e. The first-order valence-electron chi connectivity index (χ1n) is 7.53. The molecule has 3 rings (SSSR count). The average Bonchev–Trinajstić information content (AvgIpc) is 2.59. The number of phenolic OH excluding ortho intramolecular Hbond substituents is 1. The van der Waals surface area contributed by atoms with Gasteiger partial charge in [-0.15, -0.1) is 0 Å². The maximum absolute atomic E-state index is 12.5. The lowest BCUT2D eigenvalue weighted by atomic mass is 9.90. The molecule has 0 bridgehead atoms. The van der Waals surface area contributed by atoms with Gasteiger partial charge in [0, 0.05) is 29.4 Å². The molecule has 0 saturated heterocycles. The third-order valence-corrected chi connectivity index (χ3v) is 4.25. The van der Waals surface area contributed by atoms with Gasteiger partial charge >= 0.3 is 0 Å². The highest BCUT2D eigenvalue weighted by Crippen LogP contribution is 2.42. The first-order valence-corrected chi connectivity index (χ1v) is 7.53. The minimum absolute atomic E-state index is 0.0536. The van der Waals surface area contributed by atoms with Crippen LogP contribution >= 0.6 is 0 Å². The summed E-state index contributed by atoms with van der Waals surface area (Å²) in [5, 5.41) is 10.2. The van der Waals surface area contributed by atoms with E-state index in [1.165, 1.54) is 20.3 Å². The molecule has 0 aromatic heterocycles. The van der Waals surface area contributed by atoms with Crippen molar-refractivity contribution in [2.75, 3.05) is 14.2 Å². The van der Waals surface area contributed by atoms with Crippen LogP contribution in [0.2, 0.25) is 0 Å². The summed E-state index contributed by atoms with van der Waals surface area (Å²) in [5.74, 6) is -1.11. The van der Waals surface area contributed by atoms with Gasteiger partial charge in [-0.3, -0.25) is 14.4 Å². The van der Waals surface area contributed by atoms with E-state index in [0.717, 1.165) is 12.2 Å². The van der Waals surface area contributed by atoms with E-state index in [4.69, 9.17) is 14.2 Å². The predicted octanol–water partition coefficient (Wildman–Crippen LogP) is 1.65. The normalized spacial score (nSPS) is 19.6. The maximum Gasteiger partial charge on any atom is 0.221 e. The Bertz CT molecular complexity index is 861. The Labute approximate surface area is 143 Å². The van der Waals surface area contributed by atoms with E-state index in [1.54, 1.807) is 6.92 Å². The summed E-state index contributed by atoms with van der Waals surface area (Å²) >= 11 is 0. The fourth-order valence-corrected chi connectivity index (χ4v) is 2.90. The van der Waals surface area contributed by atoms with E-state index in [-0.39, 0.29) is 40.6 Å². The van der Waals surface area contributed by atoms with Crippen LogP contribution in [0, 0.1) is 6.92 Å². The number of Topliss-reactive ketones (excluding diaryl/α,β-unsaturated/α-hetero) is 1. The van der Waals surface area contributed by atoms with Crippen LogP contribution < -0.4 is 9.47 Å². The molecule has 0 saturated carbocycles. The fourth-order valence-electron chi connectivity index (χ4n) is 2.90. The summed E-state index contributed by atoms with van der Waals surface area (Å²) in [6, 6.07) is 1.49. The van der Waals surface area contributed by atoms with E-state index in [0.29, 0.717) is 11.3 Å². The fraction of sp³-hybridized carbons (Fsp3) is 0.278. The van der Waals surface area contributed by atoms with Gasteiger partial charge < -0.3 is 19.3 Å². The summed E-state index contributed by atoms with van der Waals surface area (Å²) in [7, 11) is 2.73. The SMILES string of the molecule is COC1=CC(=O)C(C2CC(=O)c3c(cc(OC)c(C)c3O)O2)=CC1=O. The maximum atomic E-state index is 12.5. The molecule has 1 aromatic carbocycles. The molecular weight excluding hydrogens is 328 g/mol. The van der Waals surface area contributed by atoms with Crippen LogP contribution in [0.4, 0.5) is 0 Å². The van der Waals surface area contributed by atoms with Crippen molar-refractivity contribution in [2.45, 2.75) is 19.4 Å². The molecule has 25 heavy (non-hydrogen) atoms. The standard InChI is InChI=1S/C18H16O7/c1-8-13(23-2)7-16-17(18(8)22)12(21)6-14(25-16)9-4-11(20)15(24-3)5-10(9)19/h4-5,7,14,22H,6H2,1-3H3. The summed E-state index contributed by atoms with van der Waals surface area (Å²) in [6.07, 6.45) is 1.12. The quantitative estimate of drug-likeness (QED) is 0.832. The van der Waals surface area contributed by atoms with Crippen LogP contribution in [0.25, 0.3) is 0 Å². The summed E-state index contributed by atoms with van der Waals surface area (Å²) < 4.78 is 15.7. The average molecular weight is 344 g/mol. The zero-order valence-corrected chi connectivity index (χ0v) is 13.9. The minimum atomic E-state index is -0.919. The third-order valence-electron chi connectivity index (χ3n) is 4.25. The lowest BCUT2D eigenvalue weighted by Gasteiger charge is -2.28. The smallest absolute Gasteiger partial charge is 0.221 e. The van der Waals surface area contributed by atoms with Gasteiger partial charge in [0.1, 0.15) is 28.9 Å². The molecule has 130 valence electrons. The predicted molar refractivity (Wildman–Crippen MR) is 85.9 cm³/mol. The van der Waals surface area contributed by atoms with Crippen molar-refractivity contribution in [3.63, 3.8) is 0 Å². The summed E-state index contributed by atoms with van der Waals surface area (Å²) in [6.45, 7) is 1.62. The largest absolute Gasteiger partial charge is 0.507 e. The number of rotatable bonds is 3. The molecule has 1 atom stereocenters. The molecule has 7 heteroatoms. The van der Waals surface area contributed by atoms with Crippen molar-refractivity contribution in [3.8, 4) is 17.2 Å². The second-order valence-electron chi connectivity index (χ2n) is 5.70. The van der Waals surface area contributed by atoms with Crippen molar-refractivity contribution in [1.82, 2.24) is 0 Å². The molecule has 1 unspecified atom stereocenters. The number of aromatic hydroxyl groups is 1. The molecule has 7 nitrogen and oxygen atoms in total. The Hall–Kier alpha value is -3.09. The number of phenols is 1. The van der Waals surface area contributed by atoms with Gasteiger partial charge in [0.2, 0.25) is 5.78 Å². The van der Waals surface area contributed by atoms with E-state index in [1.807, 2.05) is 0 Å². The number of carbonyl (C=O) groups excluding carboxylic acids is 3. The van der Waals surface area contributed by atoms with Crippen molar-refractivity contribution in [2.24, 2.45) is 0 Å². The Morgan fingerprint density at radius 3 is 2.48 bits per heavy atom. The Kier molecular flexibility index (Phi) is 4.08. The van der Waals surface area contributed by atoms with Gasteiger partial charge in [-0.25, -0.2) is 0 Å². The first-order chi connectivity index (χ1) is 11.9. The van der Waals surface area contributed by atoms with Crippen LogP contribution in [0.3, 0.4) is 0 Å². The number of methoxy groups -OCH3 is 2. The van der Waals surface area contributed by atoms with Crippen molar-refractivity contribution in [1.29, 1.82) is 0 Å². The summed E-state index contributed by atoms with van der Waals surface area (Å²) in [5.41, 5.74) is 0.550. The van der Waals surface area contributed by atoms with Crippen LogP contribution in [-0.2, 0) is 14.3 Å². The van der Waals surface area contributed by atoms with Crippen LogP contribution in [0.5, 0.6) is 17.2 Å². The topological polar surface area (TPSA) is 99.1 Å². The Balaban J connectivity index is 2.00. The molecule has 1 aliphatic heterocycles. The number of carbonyl (C=O) groups is 3. The number of ketones is 3. The second-order valence-corrected chi connectivity index (χ2v) is 5.70. The number of fused-ring (bicyclic) bond motifs is 1. The van der Waals surface area contributed by atoms with E-state index < -0.39 is 17.7 Å². The van der Waals surface area contributed by atoms with Gasteiger partial charge in [-0.05, 0) is 6.92 Å². The van der Waals surface area contributed by atoms with E-state index >= 15 is 0 Å². The molecule has 0 radical (unpaired) electrons. The van der Waals surface area contributed by atoms with Gasteiger partial charge in [-0.2, -0.15) is 0 Å². The van der Waals surface area contributed by atoms with Crippen molar-refractivity contribution < 1.29 is 33.7 Å². The highest BCUT2D eigenvalue weighted by Gasteiger charge is 2.36. The van der Waals surface area contributed by atoms with Gasteiger partial charge in [-0.1, -0.05) is 0 Å². The third kappa shape index (κ3) is 2.67. The molecule has 1 aliphatic carbocycles. The van der Waals surface area contributed by atoms with Gasteiger partial charge in [0.25, 0.3) is 0 Å². The Morgan fingerprint density at radius 1 is 1.12 bits per heavy atom. The lowest BCUT2D eigenvalue weighted by molar-refractivity contribution is -0.117. The van der Waals surface area contributed by atoms with Gasteiger partial charge in [0.05, 0.1) is 20.6 Å².